The normalized spacial score (nSPS) is 12.5. The summed E-state index contributed by atoms with van der Waals surface area (Å²) in [4.78, 5) is 10.4. The number of aldehydes is 1. The first-order valence-corrected chi connectivity index (χ1v) is 5.01. The van der Waals surface area contributed by atoms with Crippen LogP contribution in [0.5, 0.6) is 11.5 Å². The first kappa shape index (κ1) is 11.9. The molecule has 3 nitrogen and oxygen atoms in total. The van der Waals surface area contributed by atoms with Gasteiger partial charge >= 0.3 is 0 Å². The van der Waals surface area contributed by atoms with Gasteiger partial charge in [-0.05, 0) is 18.4 Å². The molecule has 0 saturated carbocycles. The van der Waals surface area contributed by atoms with Crippen molar-refractivity contribution in [2.45, 2.75) is 26.2 Å². The number of phenols is 2. The van der Waals surface area contributed by atoms with E-state index in [0.29, 0.717) is 16.1 Å². The van der Waals surface area contributed by atoms with Gasteiger partial charge in [0, 0.05) is 23.1 Å². The van der Waals surface area contributed by atoms with E-state index < -0.39 is 0 Å². The Morgan fingerprint density at radius 2 is 2.13 bits per heavy atom. The van der Waals surface area contributed by atoms with Crippen molar-refractivity contribution in [1.29, 1.82) is 0 Å². The van der Waals surface area contributed by atoms with Gasteiger partial charge in [-0.15, -0.1) is 0 Å². The van der Waals surface area contributed by atoms with E-state index in [2.05, 4.69) is 0 Å². The fraction of sp³-hybridized carbons (Fsp3) is 0.364. The van der Waals surface area contributed by atoms with Gasteiger partial charge < -0.3 is 15.0 Å². The molecule has 0 bridgehead atoms. The molecule has 0 aliphatic heterocycles. The number of hydrogen-bond acceptors (Lipinski definition) is 3. The van der Waals surface area contributed by atoms with Gasteiger partial charge in [0.1, 0.15) is 6.29 Å². The summed E-state index contributed by atoms with van der Waals surface area (Å²) in [6.45, 7) is 3.55. The lowest BCUT2D eigenvalue weighted by Crippen LogP contribution is -1.99. The van der Waals surface area contributed by atoms with Gasteiger partial charge in [0.25, 0.3) is 0 Å². The Hall–Kier alpha value is -1.22. The maximum atomic E-state index is 10.4. The molecule has 0 aliphatic rings. The van der Waals surface area contributed by atoms with E-state index in [4.69, 9.17) is 11.6 Å². The molecule has 0 amide bonds. The van der Waals surface area contributed by atoms with Crippen LogP contribution in [0.25, 0.3) is 0 Å². The molecule has 0 spiro atoms. The van der Waals surface area contributed by atoms with E-state index in [-0.39, 0.29) is 23.8 Å². The van der Waals surface area contributed by atoms with Gasteiger partial charge in [-0.25, -0.2) is 0 Å². The molecule has 15 heavy (non-hydrogen) atoms. The maximum Gasteiger partial charge on any atom is 0.161 e. The molecule has 4 heteroatoms. The van der Waals surface area contributed by atoms with E-state index in [1.54, 1.807) is 13.8 Å². The van der Waals surface area contributed by atoms with E-state index in [0.717, 1.165) is 6.29 Å². The minimum atomic E-state index is -0.252. The van der Waals surface area contributed by atoms with Crippen molar-refractivity contribution in [3.05, 3.63) is 22.2 Å². The average molecular weight is 229 g/mol. The highest BCUT2D eigenvalue weighted by Crippen LogP contribution is 2.40. The summed E-state index contributed by atoms with van der Waals surface area (Å²) in [6, 6.07) is 1.29. The van der Waals surface area contributed by atoms with Crippen molar-refractivity contribution >= 4 is 17.9 Å². The number of carbonyl (C=O) groups is 1. The zero-order valence-corrected chi connectivity index (χ0v) is 9.38. The third-order valence-electron chi connectivity index (χ3n) is 2.47. The van der Waals surface area contributed by atoms with Crippen molar-refractivity contribution in [3.8, 4) is 11.5 Å². The minimum Gasteiger partial charge on any atom is -0.504 e. The van der Waals surface area contributed by atoms with Gasteiger partial charge in [-0.3, -0.25) is 0 Å². The van der Waals surface area contributed by atoms with E-state index in [9.17, 15) is 15.0 Å². The second kappa shape index (κ2) is 4.53. The summed E-state index contributed by atoms with van der Waals surface area (Å²) in [5.74, 6) is -0.600. The first-order chi connectivity index (χ1) is 6.99. The molecule has 1 atom stereocenters. The van der Waals surface area contributed by atoms with E-state index in [1.807, 2.05) is 0 Å². The number of carbonyl (C=O) groups excluding carboxylic acids is 1. The molecule has 1 rings (SSSR count). The standard InChI is InChI=1S/C11H13ClO3/c1-6(3-4-13)10-7(2)8(12)5-9(14)11(10)15/h4-6,14-15H,3H2,1-2H3. The predicted molar refractivity (Wildman–Crippen MR) is 58.6 cm³/mol. The van der Waals surface area contributed by atoms with Crippen molar-refractivity contribution < 1.29 is 15.0 Å². The van der Waals surface area contributed by atoms with Crippen molar-refractivity contribution in [2.75, 3.05) is 0 Å². The summed E-state index contributed by atoms with van der Waals surface area (Å²) < 4.78 is 0. The van der Waals surface area contributed by atoms with Crippen molar-refractivity contribution in [1.82, 2.24) is 0 Å². The molecule has 0 aliphatic carbocycles. The molecule has 0 fully saturated rings. The lowest BCUT2D eigenvalue weighted by Gasteiger charge is -2.16. The molecule has 0 saturated heterocycles. The summed E-state index contributed by atoms with van der Waals surface area (Å²) >= 11 is 5.88. The van der Waals surface area contributed by atoms with Crippen LogP contribution in [0.4, 0.5) is 0 Å². The average Bonchev–Trinajstić information content (AvgIpc) is 2.16. The summed E-state index contributed by atoms with van der Waals surface area (Å²) in [5, 5.41) is 19.5. The van der Waals surface area contributed by atoms with Crippen LogP contribution in [0, 0.1) is 6.92 Å². The van der Waals surface area contributed by atoms with Crippen LogP contribution < -0.4 is 0 Å². The highest BCUT2D eigenvalue weighted by atomic mass is 35.5. The lowest BCUT2D eigenvalue weighted by atomic mass is 9.93. The summed E-state index contributed by atoms with van der Waals surface area (Å²) in [6.07, 6.45) is 1.07. The smallest absolute Gasteiger partial charge is 0.161 e. The molecule has 0 radical (unpaired) electrons. The predicted octanol–water partition coefficient (Wildman–Crippen LogP) is 2.75. The lowest BCUT2D eigenvalue weighted by molar-refractivity contribution is -0.108. The Balaban J connectivity index is 3.31. The zero-order valence-electron chi connectivity index (χ0n) is 8.62. The van der Waals surface area contributed by atoms with E-state index in [1.165, 1.54) is 6.07 Å². The molecule has 82 valence electrons. The summed E-state index contributed by atoms with van der Waals surface area (Å²) in [7, 11) is 0. The Morgan fingerprint density at radius 3 is 2.67 bits per heavy atom. The molecule has 1 aromatic rings. The Kier molecular flexibility index (Phi) is 3.58. The third kappa shape index (κ3) is 2.23. The highest BCUT2D eigenvalue weighted by molar-refractivity contribution is 6.31. The van der Waals surface area contributed by atoms with Crippen LogP contribution in [0.3, 0.4) is 0 Å². The van der Waals surface area contributed by atoms with Crippen LogP contribution in [0.15, 0.2) is 6.07 Å². The SMILES string of the molecule is Cc1c(Cl)cc(O)c(O)c1C(C)CC=O. The number of phenolic OH excluding ortho intramolecular Hbond substituents is 2. The first-order valence-electron chi connectivity index (χ1n) is 4.63. The molecule has 0 aromatic heterocycles. The molecular formula is C11H13ClO3. The minimum absolute atomic E-state index is 0.160. The van der Waals surface area contributed by atoms with Gasteiger partial charge in [-0.1, -0.05) is 18.5 Å². The van der Waals surface area contributed by atoms with Crippen molar-refractivity contribution in [3.63, 3.8) is 0 Å². The number of aromatic hydroxyl groups is 2. The van der Waals surface area contributed by atoms with Gasteiger partial charge in [0.2, 0.25) is 0 Å². The maximum absolute atomic E-state index is 10.4. The largest absolute Gasteiger partial charge is 0.504 e. The highest BCUT2D eigenvalue weighted by Gasteiger charge is 2.18. The fourth-order valence-corrected chi connectivity index (χ4v) is 1.81. The molecule has 1 unspecified atom stereocenters. The molecule has 1 aromatic carbocycles. The second-order valence-corrected chi connectivity index (χ2v) is 3.98. The number of halogens is 1. The topological polar surface area (TPSA) is 57.5 Å². The third-order valence-corrected chi connectivity index (χ3v) is 2.86. The monoisotopic (exact) mass is 228 g/mol. The number of benzene rings is 1. The van der Waals surface area contributed by atoms with Crippen LogP contribution in [-0.4, -0.2) is 16.5 Å². The van der Waals surface area contributed by atoms with Gasteiger partial charge in [0.05, 0.1) is 0 Å². The Morgan fingerprint density at radius 1 is 1.53 bits per heavy atom. The zero-order chi connectivity index (χ0) is 11.6. The number of hydrogen-bond donors (Lipinski definition) is 2. The van der Waals surface area contributed by atoms with Crippen molar-refractivity contribution in [2.24, 2.45) is 0 Å². The van der Waals surface area contributed by atoms with Crippen LogP contribution in [-0.2, 0) is 4.79 Å². The van der Waals surface area contributed by atoms with E-state index >= 15 is 0 Å². The number of rotatable bonds is 3. The Labute approximate surface area is 93.3 Å². The molecule has 2 N–H and O–H groups in total. The van der Waals surface area contributed by atoms with Crippen LogP contribution in [0.1, 0.15) is 30.4 Å². The Bertz CT molecular complexity index is 362. The quantitative estimate of drug-likeness (QED) is 0.618. The second-order valence-electron chi connectivity index (χ2n) is 3.57. The molecular weight excluding hydrogens is 216 g/mol. The summed E-state index contributed by atoms with van der Waals surface area (Å²) in [5.41, 5.74) is 1.23. The van der Waals surface area contributed by atoms with Gasteiger partial charge in [-0.2, -0.15) is 0 Å². The fourth-order valence-electron chi connectivity index (χ4n) is 1.61. The van der Waals surface area contributed by atoms with Crippen LogP contribution in [0.2, 0.25) is 5.02 Å². The van der Waals surface area contributed by atoms with Gasteiger partial charge in [0.15, 0.2) is 11.5 Å². The van der Waals surface area contributed by atoms with Crippen LogP contribution >= 0.6 is 11.6 Å². The molecule has 0 heterocycles.